The number of rotatable bonds is 6. The second kappa shape index (κ2) is 9.56. The predicted octanol–water partition coefficient (Wildman–Crippen LogP) is 4.06. The SMILES string of the molecule is COc1cc(CO[Si](c2ccccc2)(c2ccccc2)C(C)(C)C)cc2c1[C@H]1C[C@@](C)(O2)[C@@H](O)[C@H](O)O1. The third kappa shape index (κ3) is 4.39. The fourth-order valence-corrected chi connectivity index (χ4v) is 10.4. The molecular formula is C30H36O6Si. The van der Waals surface area contributed by atoms with E-state index in [9.17, 15) is 10.2 Å². The predicted molar refractivity (Wildman–Crippen MR) is 145 cm³/mol. The Kier molecular flexibility index (Phi) is 6.71. The summed E-state index contributed by atoms with van der Waals surface area (Å²) in [4.78, 5) is 0. The van der Waals surface area contributed by atoms with Gasteiger partial charge >= 0.3 is 0 Å². The summed E-state index contributed by atoms with van der Waals surface area (Å²) < 4.78 is 24.9. The molecule has 0 aromatic heterocycles. The van der Waals surface area contributed by atoms with Crippen LogP contribution in [-0.2, 0) is 15.8 Å². The maximum absolute atomic E-state index is 10.6. The monoisotopic (exact) mass is 520 g/mol. The highest BCUT2D eigenvalue weighted by atomic mass is 28.4. The minimum absolute atomic E-state index is 0.150. The van der Waals surface area contributed by atoms with Crippen molar-refractivity contribution in [1.82, 2.24) is 0 Å². The molecule has 0 saturated carbocycles. The lowest BCUT2D eigenvalue weighted by molar-refractivity contribution is -0.279. The summed E-state index contributed by atoms with van der Waals surface area (Å²) in [6, 6.07) is 25.0. The highest BCUT2D eigenvalue weighted by molar-refractivity contribution is 6.99. The lowest BCUT2D eigenvalue weighted by atomic mass is 9.82. The van der Waals surface area contributed by atoms with Gasteiger partial charge in [-0.15, -0.1) is 0 Å². The Morgan fingerprint density at radius 2 is 1.57 bits per heavy atom. The highest BCUT2D eigenvalue weighted by Crippen LogP contribution is 2.51. The molecule has 3 aromatic carbocycles. The van der Waals surface area contributed by atoms with E-state index in [1.54, 1.807) is 14.0 Å². The largest absolute Gasteiger partial charge is 0.496 e. The zero-order valence-corrected chi connectivity index (χ0v) is 23.1. The molecule has 1 fully saturated rings. The molecule has 1 saturated heterocycles. The topological polar surface area (TPSA) is 77.4 Å². The van der Waals surface area contributed by atoms with Crippen LogP contribution in [0.2, 0.25) is 5.04 Å². The van der Waals surface area contributed by atoms with Crippen LogP contribution in [-0.4, -0.2) is 43.6 Å². The summed E-state index contributed by atoms with van der Waals surface area (Å²) in [6.07, 6.45) is -2.49. The summed E-state index contributed by atoms with van der Waals surface area (Å²) in [5.41, 5.74) is 0.694. The molecule has 0 radical (unpaired) electrons. The lowest BCUT2D eigenvalue weighted by Gasteiger charge is -2.48. The molecule has 0 amide bonds. The Hall–Kier alpha value is -2.68. The number of methoxy groups -OCH3 is 1. The van der Waals surface area contributed by atoms with Gasteiger partial charge in [0.15, 0.2) is 6.29 Å². The van der Waals surface area contributed by atoms with Crippen LogP contribution in [0.25, 0.3) is 0 Å². The van der Waals surface area contributed by atoms with Crippen molar-refractivity contribution in [2.24, 2.45) is 0 Å². The molecule has 3 aromatic rings. The summed E-state index contributed by atoms with van der Waals surface area (Å²) in [5.74, 6) is 1.21. The standard InChI is InChI=1S/C30H36O6Si/c1-29(2,3)37(21-12-8-6-9-13-21,22-14-10-7-11-15-22)34-19-20-16-23(33-5)26-24(17-20)36-30(4)18-25(26)35-28(32)27(30)31/h6-17,25,27-28,31-32H,18-19H2,1-5H3/t25-,27+,28-,30-/m1/s1. The van der Waals surface area contributed by atoms with Crippen molar-refractivity contribution >= 4 is 18.7 Å². The van der Waals surface area contributed by atoms with Crippen LogP contribution in [0.4, 0.5) is 0 Å². The zero-order valence-electron chi connectivity index (χ0n) is 22.1. The fraction of sp³-hybridized carbons (Fsp3) is 0.400. The molecule has 196 valence electrons. The minimum atomic E-state index is -2.73. The van der Waals surface area contributed by atoms with Crippen molar-refractivity contribution in [3.63, 3.8) is 0 Å². The summed E-state index contributed by atoms with van der Waals surface area (Å²) >= 11 is 0. The molecule has 0 unspecified atom stereocenters. The summed E-state index contributed by atoms with van der Waals surface area (Å²) in [7, 11) is -1.12. The third-order valence-electron chi connectivity index (χ3n) is 7.71. The average molecular weight is 521 g/mol. The van der Waals surface area contributed by atoms with Crippen molar-refractivity contribution in [2.75, 3.05) is 7.11 Å². The van der Waals surface area contributed by atoms with Crippen molar-refractivity contribution in [2.45, 2.75) is 69.9 Å². The van der Waals surface area contributed by atoms with E-state index in [4.69, 9.17) is 18.6 Å². The van der Waals surface area contributed by atoms with Gasteiger partial charge in [-0.1, -0.05) is 81.4 Å². The molecule has 2 heterocycles. The third-order valence-corrected chi connectivity index (χ3v) is 12.7. The number of benzene rings is 3. The molecule has 4 atom stereocenters. The second-order valence-electron chi connectivity index (χ2n) is 11.2. The van der Waals surface area contributed by atoms with Gasteiger partial charge in [-0.3, -0.25) is 0 Å². The smallest absolute Gasteiger partial charge is 0.261 e. The average Bonchev–Trinajstić information content (AvgIpc) is 2.87. The van der Waals surface area contributed by atoms with E-state index < -0.39 is 32.4 Å². The molecular weight excluding hydrogens is 484 g/mol. The number of hydrogen-bond donors (Lipinski definition) is 2. The van der Waals surface area contributed by atoms with Gasteiger partial charge in [-0.2, -0.15) is 0 Å². The summed E-state index contributed by atoms with van der Waals surface area (Å²) in [5, 5.41) is 23.1. The number of aliphatic hydroxyl groups excluding tert-OH is 2. The van der Waals surface area contributed by atoms with E-state index in [0.717, 1.165) is 11.1 Å². The molecule has 6 nitrogen and oxygen atoms in total. The number of fused-ring (bicyclic) bond motifs is 4. The molecule has 37 heavy (non-hydrogen) atoms. The maximum atomic E-state index is 10.6. The number of ether oxygens (including phenoxy) is 3. The van der Waals surface area contributed by atoms with Crippen LogP contribution < -0.4 is 19.8 Å². The second-order valence-corrected chi connectivity index (χ2v) is 15.5. The molecule has 5 rings (SSSR count). The highest BCUT2D eigenvalue weighted by Gasteiger charge is 2.53. The van der Waals surface area contributed by atoms with Crippen LogP contribution in [0.1, 0.15) is 51.3 Å². The van der Waals surface area contributed by atoms with Crippen molar-refractivity contribution < 1.29 is 28.8 Å². The fourth-order valence-electron chi connectivity index (χ4n) is 5.87. The first-order valence-electron chi connectivity index (χ1n) is 12.8. The lowest BCUT2D eigenvalue weighted by Crippen LogP contribution is -2.66. The Morgan fingerprint density at radius 3 is 2.11 bits per heavy atom. The van der Waals surface area contributed by atoms with Crippen LogP contribution in [0, 0.1) is 0 Å². The Balaban J connectivity index is 1.57. The van der Waals surface area contributed by atoms with Crippen LogP contribution in [0.15, 0.2) is 72.8 Å². The van der Waals surface area contributed by atoms with Gasteiger partial charge in [0, 0.05) is 6.42 Å². The van der Waals surface area contributed by atoms with Crippen LogP contribution in [0.5, 0.6) is 11.5 Å². The normalized spacial score (nSPS) is 25.2. The zero-order chi connectivity index (χ0) is 26.4. The van der Waals surface area contributed by atoms with E-state index in [1.807, 2.05) is 24.3 Å². The quantitative estimate of drug-likeness (QED) is 0.478. The molecule has 2 aliphatic heterocycles. The van der Waals surface area contributed by atoms with E-state index in [1.165, 1.54) is 10.4 Å². The van der Waals surface area contributed by atoms with Gasteiger partial charge in [0.2, 0.25) is 0 Å². The number of hydrogen-bond acceptors (Lipinski definition) is 6. The van der Waals surface area contributed by atoms with Crippen molar-refractivity contribution in [3.8, 4) is 11.5 Å². The van der Waals surface area contributed by atoms with E-state index in [0.29, 0.717) is 24.5 Å². The molecule has 2 N–H and O–H groups in total. The Morgan fingerprint density at radius 1 is 0.973 bits per heavy atom. The molecule has 0 spiro atoms. The van der Waals surface area contributed by atoms with Crippen LogP contribution >= 0.6 is 0 Å². The van der Waals surface area contributed by atoms with E-state index in [2.05, 4.69) is 69.3 Å². The maximum Gasteiger partial charge on any atom is 0.261 e. The van der Waals surface area contributed by atoms with E-state index >= 15 is 0 Å². The first-order chi connectivity index (χ1) is 17.6. The van der Waals surface area contributed by atoms with E-state index in [-0.39, 0.29) is 5.04 Å². The first-order valence-corrected chi connectivity index (χ1v) is 14.7. The van der Waals surface area contributed by atoms with Gasteiger partial charge in [0.1, 0.15) is 23.2 Å². The van der Waals surface area contributed by atoms with Gasteiger partial charge < -0.3 is 28.8 Å². The molecule has 7 heteroatoms. The molecule has 2 aliphatic rings. The minimum Gasteiger partial charge on any atom is -0.496 e. The summed E-state index contributed by atoms with van der Waals surface area (Å²) in [6.45, 7) is 8.91. The van der Waals surface area contributed by atoms with Crippen molar-refractivity contribution in [1.29, 1.82) is 0 Å². The van der Waals surface area contributed by atoms with Gasteiger partial charge in [-0.25, -0.2) is 0 Å². The Bertz CT molecular complexity index is 1200. The number of aliphatic hydroxyl groups is 2. The first kappa shape index (κ1) is 25.9. The molecule has 0 aliphatic carbocycles. The van der Waals surface area contributed by atoms with Gasteiger partial charge in [0.05, 0.1) is 25.4 Å². The van der Waals surface area contributed by atoms with Gasteiger partial charge in [0.25, 0.3) is 8.32 Å². The van der Waals surface area contributed by atoms with Crippen molar-refractivity contribution in [3.05, 3.63) is 83.9 Å². The molecule has 2 bridgehead atoms. The van der Waals surface area contributed by atoms with Gasteiger partial charge in [-0.05, 0) is 40.0 Å². The Labute approximate surface area is 219 Å². The van der Waals surface area contributed by atoms with Crippen LogP contribution in [0.3, 0.4) is 0 Å².